The van der Waals surface area contributed by atoms with Crippen molar-refractivity contribution in [2.24, 2.45) is 0 Å². The molecular formula is C17H13N3O5. The van der Waals surface area contributed by atoms with Crippen LogP contribution in [0.15, 0.2) is 42.5 Å². The van der Waals surface area contributed by atoms with Crippen LogP contribution in [0.1, 0.15) is 27.9 Å². The van der Waals surface area contributed by atoms with Crippen molar-refractivity contribution in [3.05, 3.63) is 69.3 Å². The monoisotopic (exact) mass is 339 g/mol. The Morgan fingerprint density at radius 3 is 2.60 bits per heavy atom. The van der Waals surface area contributed by atoms with E-state index in [4.69, 9.17) is 10.4 Å². The van der Waals surface area contributed by atoms with Gasteiger partial charge in [0.15, 0.2) is 0 Å². The molecule has 0 spiro atoms. The first-order valence-corrected chi connectivity index (χ1v) is 7.22. The summed E-state index contributed by atoms with van der Waals surface area (Å²) in [5.41, 5.74) is 0.401. The van der Waals surface area contributed by atoms with Crippen LogP contribution < -0.4 is 5.32 Å². The van der Waals surface area contributed by atoms with E-state index >= 15 is 0 Å². The summed E-state index contributed by atoms with van der Waals surface area (Å²) in [5, 5.41) is 31.4. The SMILES string of the molecule is N#Cc1ccccc1CCC(=O)Nc1cc(C(=O)O)ccc1[N+](=O)[O-]. The van der Waals surface area contributed by atoms with E-state index in [0.717, 1.165) is 18.2 Å². The van der Waals surface area contributed by atoms with Crippen LogP contribution in [0.2, 0.25) is 0 Å². The number of carboxylic acids is 1. The summed E-state index contributed by atoms with van der Waals surface area (Å²) in [4.78, 5) is 33.4. The largest absolute Gasteiger partial charge is 0.478 e. The van der Waals surface area contributed by atoms with Crippen LogP contribution in [0.25, 0.3) is 0 Å². The summed E-state index contributed by atoms with van der Waals surface area (Å²) in [6, 6.07) is 12.0. The molecular weight excluding hydrogens is 326 g/mol. The summed E-state index contributed by atoms with van der Waals surface area (Å²) in [5.74, 6) is -1.77. The summed E-state index contributed by atoms with van der Waals surface area (Å²) in [6.45, 7) is 0. The highest BCUT2D eigenvalue weighted by Crippen LogP contribution is 2.26. The molecule has 0 atom stereocenters. The van der Waals surface area contributed by atoms with Crippen molar-refractivity contribution >= 4 is 23.3 Å². The quantitative estimate of drug-likeness (QED) is 0.614. The molecule has 0 aromatic heterocycles. The molecule has 2 rings (SSSR count). The van der Waals surface area contributed by atoms with Gasteiger partial charge in [0.05, 0.1) is 22.1 Å². The van der Waals surface area contributed by atoms with Crippen LogP contribution in [0.5, 0.6) is 0 Å². The Labute approximate surface area is 142 Å². The third kappa shape index (κ3) is 4.39. The zero-order chi connectivity index (χ0) is 18.4. The molecule has 8 heteroatoms. The first-order chi connectivity index (χ1) is 11.9. The zero-order valence-corrected chi connectivity index (χ0v) is 12.9. The molecule has 0 fully saturated rings. The molecule has 1 amide bonds. The number of nitrogens with one attached hydrogen (secondary N) is 1. The van der Waals surface area contributed by atoms with Crippen LogP contribution >= 0.6 is 0 Å². The number of carboxylic acid groups (broad SMARTS) is 1. The molecule has 0 aliphatic heterocycles. The third-order valence-corrected chi connectivity index (χ3v) is 3.47. The average molecular weight is 339 g/mol. The lowest BCUT2D eigenvalue weighted by Crippen LogP contribution is -2.14. The molecule has 8 nitrogen and oxygen atoms in total. The molecule has 25 heavy (non-hydrogen) atoms. The first-order valence-electron chi connectivity index (χ1n) is 7.22. The van der Waals surface area contributed by atoms with Gasteiger partial charge >= 0.3 is 5.97 Å². The second-order valence-corrected chi connectivity index (χ2v) is 5.11. The Hall–Kier alpha value is -3.73. The summed E-state index contributed by atoms with van der Waals surface area (Å²) >= 11 is 0. The fourth-order valence-electron chi connectivity index (χ4n) is 2.24. The van der Waals surface area contributed by atoms with Gasteiger partial charge in [-0.3, -0.25) is 14.9 Å². The zero-order valence-electron chi connectivity index (χ0n) is 12.9. The van der Waals surface area contributed by atoms with E-state index in [1.165, 1.54) is 0 Å². The molecule has 0 radical (unpaired) electrons. The van der Waals surface area contributed by atoms with Crippen LogP contribution in [0.4, 0.5) is 11.4 Å². The highest BCUT2D eigenvalue weighted by molar-refractivity contribution is 5.96. The number of amides is 1. The second kappa shape index (κ2) is 7.70. The predicted molar refractivity (Wildman–Crippen MR) is 88.2 cm³/mol. The molecule has 0 bridgehead atoms. The molecule has 2 N–H and O–H groups in total. The lowest BCUT2D eigenvalue weighted by molar-refractivity contribution is -0.383. The minimum absolute atomic E-state index is 0.00680. The lowest BCUT2D eigenvalue weighted by atomic mass is 10.0. The second-order valence-electron chi connectivity index (χ2n) is 5.11. The molecule has 0 saturated carbocycles. The molecule has 0 aliphatic rings. The van der Waals surface area contributed by atoms with E-state index < -0.39 is 22.5 Å². The molecule has 0 heterocycles. The van der Waals surface area contributed by atoms with Gasteiger partial charge in [-0.1, -0.05) is 18.2 Å². The van der Waals surface area contributed by atoms with Crippen molar-refractivity contribution in [3.63, 3.8) is 0 Å². The van der Waals surface area contributed by atoms with Crippen LogP contribution in [0, 0.1) is 21.4 Å². The maximum Gasteiger partial charge on any atom is 0.335 e. The summed E-state index contributed by atoms with van der Waals surface area (Å²) in [6.07, 6.45) is 0.273. The Morgan fingerprint density at radius 2 is 1.96 bits per heavy atom. The Kier molecular flexibility index (Phi) is 5.43. The number of rotatable bonds is 6. The third-order valence-electron chi connectivity index (χ3n) is 3.47. The molecule has 0 saturated heterocycles. The van der Waals surface area contributed by atoms with Crippen molar-refractivity contribution in [1.29, 1.82) is 5.26 Å². The van der Waals surface area contributed by atoms with Gasteiger partial charge in [0.25, 0.3) is 5.69 Å². The highest BCUT2D eigenvalue weighted by atomic mass is 16.6. The van der Waals surface area contributed by atoms with Crippen LogP contribution in [0.3, 0.4) is 0 Å². The Balaban J connectivity index is 2.14. The van der Waals surface area contributed by atoms with Crippen molar-refractivity contribution in [2.75, 3.05) is 5.32 Å². The first kappa shape index (κ1) is 17.6. The Bertz CT molecular complexity index is 886. The van der Waals surface area contributed by atoms with E-state index in [-0.39, 0.29) is 24.1 Å². The van der Waals surface area contributed by atoms with Gasteiger partial charge < -0.3 is 10.4 Å². The van der Waals surface area contributed by atoms with Crippen molar-refractivity contribution < 1.29 is 19.6 Å². The molecule has 0 unspecified atom stereocenters. The van der Waals surface area contributed by atoms with Crippen LogP contribution in [-0.2, 0) is 11.2 Å². The molecule has 0 aliphatic carbocycles. The number of hydrogen-bond donors (Lipinski definition) is 2. The molecule has 2 aromatic carbocycles. The van der Waals surface area contributed by atoms with Crippen LogP contribution in [-0.4, -0.2) is 21.9 Å². The van der Waals surface area contributed by atoms with E-state index in [9.17, 15) is 19.7 Å². The number of nitriles is 1. The van der Waals surface area contributed by atoms with Gasteiger partial charge in [-0.2, -0.15) is 5.26 Å². The van der Waals surface area contributed by atoms with Gasteiger partial charge in [-0.15, -0.1) is 0 Å². The van der Waals surface area contributed by atoms with Gasteiger partial charge in [0.2, 0.25) is 5.91 Å². The lowest BCUT2D eigenvalue weighted by Gasteiger charge is -2.08. The number of anilines is 1. The van der Waals surface area contributed by atoms with E-state index in [0.29, 0.717) is 11.1 Å². The number of nitro benzene ring substituents is 1. The highest BCUT2D eigenvalue weighted by Gasteiger charge is 2.18. The fraction of sp³-hybridized carbons (Fsp3) is 0.118. The fourth-order valence-corrected chi connectivity index (χ4v) is 2.24. The van der Waals surface area contributed by atoms with Crippen molar-refractivity contribution in [1.82, 2.24) is 0 Å². The average Bonchev–Trinajstić information content (AvgIpc) is 2.59. The van der Waals surface area contributed by atoms with E-state index in [2.05, 4.69) is 5.32 Å². The van der Waals surface area contributed by atoms with Gasteiger partial charge in [0.1, 0.15) is 5.69 Å². The van der Waals surface area contributed by atoms with E-state index in [1.807, 2.05) is 6.07 Å². The number of nitro groups is 1. The van der Waals surface area contributed by atoms with E-state index in [1.54, 1.807) is 24.3 Å². The van der Waals surface area contributed by atoms with Crippen molar-refractivity contribution in [2.45, 2.75) is 12.8 Å². The summed E-state index contributed by atoms with van der Waals surface area (Å²) in [7, 11) is 0. The standard InChI is InChI=1S/C17H13N3O5/c18-10-13-4-2-1-3-11(13)6-8-16(21)19-14-9-12(17(22)23)5-7-15(14)20(24)25/h1-5,7,9H,6,8H2,(H,19,21)(H,22,23). The number of carbonyl (C=O) groups excluding carboxylic acids is 1. The smallest absolute Gasteiger partial charge is 0.335 e. The minimum Gasteiger partial charge on any atom is -0.478 e. The maximum atomic E-state index is 12.1. The minimum atomic E-state index is -1.26. The molecule has 2 aromatic rings. The normalized spacial score (nSPS) is 9.88. The van der Waals surface area contributed by atoms with Gasteiger partial charge in [-0.25, -0.2) is 4.79 Å². The number of aromatic carboxylic acids is 1. The number of nitrogens with zero attached hydrogens (tertiary/aromatic N) is 2. The Morgan fingerprint density at radius 1 is 1.24 bits per heavy atom. The maximum absolute atomic E-state index is 12.1. The number of hydrogen-bond acceptors (Lipinski definition) is 5. The molecule has 126 valence electrons. The van der Waals surface area contributed by atoms with Gasteiger partial charge in [-0.05, 0) is 30.2 Å². The topological polar surface area (TPSA) is 133 Å². The van der Waals surface area contributed by atoms with Crippen molar-refractivity contribution in [3.8, 4) is 6.07 Å². The summed E-state index contributed by atoms with van der Waals surface area (Å²) < 4.78 is 0. The van der Waals surface area contributed by atoms with Gasteiger partial charge in [0, 0.05) is 12.5 Å². The predicted octanol–water partition coefficient (Wildman–Crippen LogP) is 2.74. The number of benzene rings is 2. The number of aryl methyl sites for hydroxylation is 1. The number of carbonyl (C=O) groups is 2.